The number of nitrogens with two attached hydrogens (primary N) is 1. The highest BCUT2D eigenvalue weighted by Gasteiger charge is 2.17. The van der Waals surface area contributed by atoms with Gasteiger partial charge in [0.2, 0.25) is 5.90 Å². The van der Waals surface area contributed by atoms with E-state index in [2.05, 4.69) is 4.99 Å². The number of halogens is 1. The van der Waals surface area contributed by atoms with Crippen molar-refractivity contribution in [3.63, 3.8) is 0 Å². The van der Waals surface area contributed by atoms with Crippen LogP contribution in [0.5, 0.6) is 0 Å². The normalized spacial score (nSPS) is 13.3. The van der Waals surface area contributed by atoms with Crippen molar-refractivity contribution in [2.75, 3.05) is 7.11 Å². The van der Waals surface area contributed by atoms with E-state index in [1.165, 1.54) is 12.1 Å². The molecule has 0 aliphatic rings. The van der Waals surface area contributed by atoms with E-state index in [9.17, 15) is 4.39 Å². The fourth-order valence-electron chi connectivity index (χ4n) is 1.75. The molecular weight excluding hydrogens is 255 g/mol. The zero-order valence-corrected chi connectivity index (χ0v) is 12.8. The van der Waals surface area contributed by atoms with E-state index in [1.54, 1.807) is 13.2 Å². The maximum atomic E-state index is 13.4. The molecule has 2 N–H and O–H groups in total. The molecule has 0 saturated carbocycles. The lowest BCUT2D eigenvalue weighted by Gasteiger charge is -2.18. The minimum Gasteiger partial charge on any atom is -0.483 e. The van der Waals surface area contributed by atoms with Gasteiger partial charge in [0.15, 0.2) is 0 Å². The number of rotatable bonds is 4. The molecule has 0 aromatic heterocycles. The van der Waals surface area contributed by atoms with Crippen molar-refractivity contribution in [1.82, 2.24) is 0 Å². The van der Waals surface area contributed by atoms with Gasteiger partial charge in [0.25, 0.3) is 0 Å². The van der Waals surface area contributed by atoms with E-state index in [-0.39, 0.29) is 17.8 Å². The van der Waals surface area contributed by atoms with Gasteiger partial charge in [-0.15, -0.1) is 0 Å². The molecule has 0 radical (unpaired) electrons. The van der Waals surface area contributed by atoms with Crippen LogP contribution in [-0.4, -0.2) is 19.0 Å². The highest BCUT2D eigenvalue weighted by atomic mass is 19.1. The van der Waals surface area contributed by atoms with Gasteiger partial charge in [-0.2, -0.15) is 0 Å². The fraction of sp³-hybridized carbons (Fsp3) is 0.438. The van der Waals surface area contributed by atoms with Crippen LogP contribution in [0.4, 0.5) is 4.39 Å². The molecule has 3 nitrogen and oxygen atoms in total. The lowest BCUT2D eigenvalue weighted by molar-refractivity contribution is 0.365. The maximum absolute atomic E-state index is 13.4. The number of nitrogens with zero attached hydrogens (tertiary/aromatic N) is 1. The summed E-state index contributed by atoms with van der Waals surface area (Å²) in [5, 5.41) is 0. The molecule has 1 unspecified atom stereocenters. The number of hydrogen-bond acceptors (Lipinski definition) is 3. The van der Waals surface area contributed by atoms with Crippen molar-refractivity contribution in [3.05, 3.63) is 41.2 Å². The van der Waals surface area contributed by atoms with Gasteiger partial charge in [-0.3, -0.25) is 0 Å². The summed E-state index contributed by atoms with van der Waals surface area (Å²) in [6.45, 7) is 7.86. The first-order valence-electron chi connectivity index (χ1n) is 6.68. The lowest BCUT2D eigenvalue weighted by atomic mass is 10.0. The van der Waals surface area contributed by atoms with E-state index >= 15 is 0 Å². The van der Waals surface area contributed by atoms with Gasteiger partial charge in [-0.1, -0.05) is 26.0 Å². The summed E-state index contributed by atoms with van der Waals surface area (Å²) in [6, 6.07) is 6.07. The van der Waals surface area contributed by atoms with Crippen molar-refractivity contribution in [1.29, 1.82) is 0 Å². The number of benzene rings is 1. The van der Waals surface area contributed by atoms with E-state index < -0.39 is 0 Å². The van der Waals surface area contributed by atoms with Crippen LogP contribution in [0.2, 0.25) is 0 Å². The van der Waals surface area contributed by atoms with Crippen LogP contribution in [0.1, 0.15) is 33.3 Å². The summed E-state index contributed by atoms with van der Waals surface area (Å²) in [5.74, 6) is 0.378. The Morgan fingerprint density at radius 3 is 2.40 bits per heavy atom. The van der Waals surface area contributed by atoms with Crippen LogP contribution >= 0.6 is 0 Å². The number of aliphatic imine (C=N–C) groups is 1. The van der Waals surface area contributed by atoms with E-state index in [0.29, 0.717) is 11.6 Å². The third-order valence-electron chi connectivity index (χ3n) is 3.01. The fourth-order valence-corrected chi connectivity index (χ4v) is 1.75. The molecule has 0 fully saturated rings. The van der Waals surface area contributed by atoms with Gasteiger partial charge in [-0.05, 0) is 37.5 Å². The summed E-state index contributed by atoms with van der Waals surface area (Å²) >= 11 is 0. The number of allylic oxidation sites excluding steroid dienone is 1. The second-order valence-corrected chi connectivity index (χ2v) is 5.28. The molecule has 110 valence electrons. The molecule has 0 aliphatic carbocycles. The average molecular weight is 278 g/mol. The minimum atomic E-state index is -0.289. The van der Waals surface area contributed by atoms with Crippen LogP contribution in [0.3, 0.4) is 0 Å². The predicted molar refractivity (Wildman–Crippen MR) is 81.9 cm³/mol. The first-order valence-corrected chi connectivity index (χ1v) is 6.68. The van der Waals surface area contributed by atoms with Crippen molar-refractivity contribution >= 4 is 11.6 Å². The number of hydrogen-bond donors (Lipinski definition) is 1. The molecule has 1 rings (SSSR count). The largest absolute Gasteiger partial charge is 0.483 e. The Morgan fingerprint density at radius 2 is 1.95 bits per heavy atom. The maximum Gasteiger partial charge on any atom is 0.205 e. The van der Waals surface area contributed by atoms with Gasteiger partial charge in [-0.25, -0.2) is 9.38 Å². The molecule has 0 spiro atoms. The molecule has 0 aliphatic heterocycles. The molecule has 0 saturated heterocycles. The highest BCUT2D eigenvalue weighted by Crippen LogP contribution is 2.22. The zero-order valence-electron chi connectivity index (χ0n) is 12.8. The van der Waals surface area contributed by atoms with Crippen molar-refractivity contribution in [2.24, 2.45) is 16.6 Å². The monoisotopic (exact) mass is 278 g/mol. The number of methoxy groups -OCH3 is 1. The smallest absolute Gasteiger partial charge is 0.205 e. The topological polar surface area (TPSA) is 47.6 Å². The standard InChI is InChI=1S/C16H23FN2O/c1-10(2)14(18)16(20-5)19-15(11(3)4)12-7-6-8-13(17)9-12/h6-10,14H,18H2,1-5H3. The van der Waals surface area contributed by atoms with Gasteiger partial charge >= 0.3 is 0 Å². The highest BCUT2D eigenvalue weighted by molar-refractivity contribution is 5.88. The first-order chi connectivity index (χ1) is 9.36. The van der Waals surface area contributed by atoms with Crippen molar-refractivity contribution < 1.29 is 9.13 Å². The quantitative estimate of drug-likeness (QED) is 0.675. The Balaban J connectivity index is 3.26. The summed E-state index contributed by atoms with van der Waals surface area (Å²) in [5.41, 5.74) is 8.46. The third-order valence-corrected chi connectivity index (χ3v) is 3.01. The van der Waals surface area contributed by atoms with Crippen LogP contribution in [0.25, 0.3) is 5.70 Å². The number of ether oxygens (including phenoxy) is 1. The molecule has 1 aromatic carbocycles. The molecule has 0 heterocycles. The van der Waals surface area contributed by atoms with Gasteiger partial charge in [0, 0.05) is 5.56 Å². The van der Waals surface area contributed by atoms with Crippen LogP contribution in [0, 0.1) is 11.7 Å². The SMILES string of the molecule is COC(=NC(=C(C)C)c1cccc(F)c1)C(N)C(C)C. The summed E-state index contributed by atoms with van der Waals surface area (Å²) < 4.78 is 18.7. The van der Waals surface area contributed by atoms with Gasteiger partial charge < -0.3 is 10.5 Å². The molecule has 20 heavy (non-hydrogen) atoms. The Morgan fingerprint density at radius 1 is 1.30 bits per heavy atom. The Bertz CT molecular complexity index is 517. The molecule has 0 amide bonds. The first kappa shape index (κ1) is 16.4. The van der Waals surface area contributed by atoms with E-state index in [0.717, 1.165) is 11.1 Å². The van der Waals surface area contributed by atoms with E-state index in [1.807, 2.05) is 33.8 Å². The second-order valence-electron chi connectivity index (χ2n) is 5.28. The summed E-state index contributed by atoms with van der Waals surface area (Å²) in [6.07, 6.45) is 0. The zero-order chi connectivity index (χ0) is 15.3. The Kier molecular flexibility index (Phi) is 5.89. The van der Waals surface area contributed by atoms with Crippen LogP contribution in [-0.2, 0) is 4.74 Å². The van der Waals surface area contributed by atoms with Crippen LogP contribution in [0.15, 0.2) is 34.8 Å². The van der Waals surface area contributed by atoms with Crippen molar-refractivity contribution in [2.45, 2.75) is 33.7 Å². The molecule has 0 bridgehead atoms. The minimum absolute atomic E-state index is 0.208. The average Bonchev–Trinajstić information content (AvgIpc) is 2.38. The molecular formula is C16H23FN2O. The van der Waals surface area contributed by atoms with Gasteiger partial charge in [0.05, 0.1) is 18.8 Å². The molecule has 1 aromatic rings. The third kappa shape index (κ3) is 4.17. The predicted octanol–water partition coefficient (Wildman–Crippen LogP) is 3.60. The summed E-state index contributed by atoms with van der Waals surface area (Å²) in [4.78, 5) is 4.51. The lowest BCUT2D eigenvalue weighted by Crippen LogP contribution is -2.36. The van der Waals surface area contributed by atoms with E-state index in [4.69, 9.17) is 10.5 Å². The van der Waals surface area contributed by atoms with Gasteiger partial charge in [0.1, 0.15) is 5.82 Å². The Hall–Kier alpha value is -1.68. The van der Waals surface area contributed by atoms with Crippen molar-refractivity contribution in [3.8, 4) is 0 Å². The molecule has 4 heteroatoms. The van der Waals surface area contributed by atoms with Crippen LogP contribution < -0.4 is 5.73 Å². The summed E-state index contributed by atoms with van der Waals surface area (Å²) in [7, 11) is 1.55. The molecule has 1 atom stereocenters. The second kappa shape index (κ2) is 7.20. The Labute approximate surface area is 120 Å².